The Morgan fingerprint density at radius 2 is 2.08 bits per heavy atom. The average Bonchev–Trinajstić information content (AvgIpc) is 3.42. The molecule has 8 nitrogen and oxygen atoms in total. The van der Waals surface area contributed by atoms with Crippen LogP contribution in [0.25, 0.3) is 0 Å². The molecule has 2 aromatic rings. The van der Waals surface area contributed by atoms with Crippen molar-refractivity contribution in [2.45, 2.75) is 25.2 Å². The molecule has 3 heterocycles. The molecule has 0 aromatic carbocycles. The van der Waals surface area contributed by atoms with Crippen LogP contribution in [0.15, 0.2) is 35.5 Å². The molecule has 1 saturated carbocycles. The van der Waals surface area contributed by atoms with E-state index in [1.165, 1.54) is 12.8 Å². The molecule has 0 bridgehead atoms. The Bertz CT molecular complexity index is 785. The van der Waals surface area contributed by atoms with E-state index in [4.69, 9.17) is 11.1 Å². The lowest BCUT2D eigenvalue weighted by Gasteiger charge is -2.36. The van der Waals surface area contributed by atoms with E-state index in [-0.39, 0.29) is 0 Å². The highest BCUT2D eigenvalue weighted by atomic mass is 15.3. The zero-order valence-electron chi connectivity index (χ0n) is 14.7. The monoisotopic (exact) mass is 352 g/mol. The van der Waals surface area contributed by atoms with E-state index in [2.05, 4.69) is 30.0 Å². The van der Waals surface area contributed by atoms with Crippen LogP contribution < -0.4 is 10.6 Å². The SMILES string of the molecule is N=C(CC(N)=Nc1cc(C2CC2)[nH]n1)N1CCN(c2ccccn2)CC1. The zero-order chi connectivity index (χ0) is 17.9. The van der Waals surface area contributed by atoms with Crippen molar-refractivity contribution in [2.24, 2.45) is 10.7 Å². The molecule has 4 N–H and O–H groups in total. The highest BCUT2D eigenvalue weighted by Gasteiger charge is 2.25. The molecule has 2 fully saturated rings. The van der Waals surface area contributed by atoms with Crippen molar-refractivity contribution in [3.8, 4) is 0 Å². The van der Waals surface area contributed by atoms with Gasteiger partial charge in [-0.2, -0.15) is 5.10 Å². The number of nitrogens with one attached hydrogen (secondary N) is 2. The van der Waals surface area contributed by atoms with Gasteiger partial charge in [-0.15, -0.1) is 0 Å². The lowest BCUT2D eigenvalue weighted by atomic mass is 10.2. The third-order valence-electron chi connectivity index (χ3n) is 4.84. The maximum absolute atomic E-state index is 8.34. The quantitative estimate of drug-likeness (QED) is 0.562. The minimum Gasteiger partial charge on any atom is -0.387 e. The van der Waals surface area contributed by atoms with Gasteiger partial charge in [-0.1, -0.05) is 6.07 Å². The van der Waals surface area contributed by atoms with Crippen LogP contribution in [0.1, 0.15) is 30.9 Å². The summed E-state index contributed by atoms with van der Waals surface area (Å²) in [5.41, 5.74) is 7.18. The van der Waals surface area contributed by atoms with Gasteiger partial charge in [-0.25, -0.2) is 9.98 Å². The van der Waals surface area contributed by atoms with Crippen LogP contribution in [0.4, 0.5) is 11.6 Å². The minimum atomic E-state index is 0.342. The molecule has 1 aliphatic heterocycles. The van der Waals surface area contributed by atoms with Gasteiger partial charge in [0.25, 0.3) is 0 Å². The van der Waals surface area contributed by atoms with Gasteiger partial charge in [-0.05, 0) is 25.0 Å². The molecule has 2 aliphatic rings. The molecule has 0 radical (unpaired) electrons. The largest absolute Gasteiger partial charge is 0.387 e. The van der Waals surface area contributed by atoms with Crippen LogP contribution in [0, 0.1) is 5.41 Å². The number of pyridine rings is 1. The predicted molar refractivity (Wildman–Crippen MR) is 102 cm³/mol. The van der Waals surface area contributed by atoms with Gasteiger partial charge in [-0.3, -0.25) is 10.5 Å². The Labute approximate surface area is 152 Å². The first kappa shape index (κ1) is 16.6. The highest BCUT2D eigenvalue weighted by Crippen LogP contribution is 2.39. The van der Waals surface area contributed by atoms with Crippen molar-refractivity contribution in [1.29, 1.82) is 5.41 Å². The molecule has 0 unspecified atom stereocenters. The Hall–Kier alpha value is -2.90. The number of rotatable bonds is 5. The number of nitrogens with two attached hydrogens (primary N) is 1. The summed E-state index contributed by atoms with van der Waals surface area (Å²) >= 11 is 0. The molecule has 0 spiro atoms. The molecular weight excluding hydrogens is 328 g/mol. The topological polar surface area (TPSA) is 110 Å². The Morgan fingerprint density at radius 1 is 1.27 bits per heavy atom. The second kappa shape index (κ2) is 7.15. The normalized spacial score (nSPS) is 18.2. The highest BCUT2D eigenvalue weighted by molar-refractivity contribution is 6.01. The van der Waals surface area contributed by atoms with Crippen molar-refractivity contribution in [3.05, 3.63) is 36.2 Å². The number of aromatic nitrogens is 3. The van der Waals surface area contributed by atoms with Gasteiger partial charge in [0, 0.05) is 50.1 Å². The Kier molecular flexibility index (Phi) is 4.55. The fraction of sp³-hybridized carbons (Fsp3) is 0.444. The van der Waals surface area contributed by atoms with E-state index in [1.54, 1.807) is 0 Å². The zero-order valence-corrected chi connectivity index (χ0v) is 14.7. The molecule has 8 heteroatoms. The number of nitrogens with zero attached hydrogens (tertiary/aromatic N) is 5. The number of anilines is 1. The number of aliphatic imine (C=N–C) groups is 1. The summed E-state index contributed by atoms with van der Waals surface area (Å²) in [5.74, 6) is 3.14. The molecule has 2 aromatic heterocycles. The number of aromatic amines is 1. The third kappa shape index (κ3) is 3.84. The number of H-pyrrole nitrogens is 1. The molecule has 0 atom stereocenters. The summed E-state index contributed by atoms with van der Waals surface area (Å²) in [7, 11) is 0. The Morgan fingerprint density at radius 3 is 2.77 bits per heavy atom. The first-order valence-corrected chi connectivity index (χ1v) is 9.06. The molecule has 4 rings (SSSR count). The molecular formula is C18H24N8. The summed E-state index contributed by atoms with van der Waals surface area (Å²) in [6.45, 7) is 3.27. The van der Waals surface area contributed by atoms with E-state index < -0.39 is 0 Å². The fourth-order valence-electron chi connectivity index (χ4n) is 3.20. The number of hydrogen-bond donors (Lipinski definition) is 3. The van der Waals surface area contributed by atoms with Gasteiger partial charge in [0.2, 0.25) is 0 Å². The van der Waals surface area contributed by atoms with E-state index in [0.29, 0.717) is 29.8 Å². The molecule has 0 amide bonds. The lowest BCUT2D eigenvalue weighted by Crippen LogP contribution is -2.49. The van der Waals surface area contributed by atoms with Gasteiger partial charge in [0.05, 0.1) is 6.42 Å². The number of amidine groups is 2. The maximum Gasteiger partial charge on any atom is 0.175 e. The van der Waals surface area contributed by atoms with Crippen molar-refractivity contribution in [1.82, 2.24) is 20.1 Å². The van der Waals surface area contributed by atoms with E-state index in [1.807, 2.05) is 30.5 Å². The summed E-state index contributed by atoms with van der Waals surface area (Å²) in [6.07, 6.45) is 4.59. The van der Waals surface area contributed by atoms with Crippen LogP contribution in [0.2, 0.25) is 0 Å². The van der Waals surface area contributed by atoms with Crippen molar-refractivity contribution >= 4 is 23.3 Å². The minimum absolute atomic E-state index is 0.342. The van der Waals surface area contributed by atoms with Crippen LogP contribution in [0.3, 0.4) is 0 Å². The second-order valence-electron chi connectivity index (χ2n) is 6.84. The average molecular weight is 352 g/mol. The van der Waals surface area contributed by atoms with Gasteiger partial charge in [0.1, 0.15) is 17.5 Å². The maximum atomic E-state index is 8.34. The van der Waals surface area contributed by atoms with Crippen LogP contribution >= 0.6 is 0 Å². The van der Waals surface area contributed by atoms with Crippen LogP contribution in [-0.4, -0.2) is 57.9 Å². The van der Waals surface area contributed by atoms with Crippen LogP contribution in [0.5, 0.6) is 0 Å². The first-order chi connectivity index (χ1) is 12.7. The van der Waals surface area contributed by atoms with Crippen molar-refractivity contribution in [2.75, 3.05) is 31.1 Å². The molecule has 1 aliphatic carbocycles. The third-order valence-corrected chi connectivity index (χ3v) is 4.84. The van der Waals surface area contributed by atoms with E-state index >= 15 is 0 Å². The fourth-order valence-corrected chi connectivity index (χ4v) is 3.20. The van der Waals surface area contributed by atoms with Crippen molar-refractivity contribution < 1.29 is 0 Å². The van der Waals surface area contributed by atoms with Gasteiger partial charge >= 0.3 is 0 Å². The summed E-state index contributed by atoms with van der Waals surface area (Å²) in [4.78, 5) is 13.0. The predicted octanol–water partition coefficient (Wildman–Crippen LogP) is 1.86. The first-order valence-electron chi connectivity index (χ1n) is 9.06. The van der Waals surface area contributed by atoms with Gasteiger partial charge < -0.3 is 15.5 Å². The lowest BCUT2D eigenvalue weighted by molar-refractivity contribution is 0.378. The number of piperazine rings is 1. The van der Waals surface area contributed by atoms with E-state index in [9.17, 15) is 0 Å². The molecule has 26 heavy (non-hydrogen) atoms. The van der Waals surface area contributed by atoms with Gasteiger partial charge in [0.15, 0.2) is 5.82 Å². The second-order valence-corrected chi connectivity index (χ2v) is 6.84. The molecule has 1 saturated heterocycles. The standard InChI is InChI=1S/C18H24N8/c19-15(22-17-11-14(23-24-17)13-4-5-13)12-16(20)25-7-9-26(10-8-25)18-3-1-2-6-21-18/h1-3,6,11,13,20H,4-5,7-10,12H2,(H3,19,22,23,24). The number of hydrogen-bond acceptors (Lipinski definition) is 5. The molecule has 136 valence electrons. The summed E-state index contributed by atoms with van der Waals surface area (Å²) < 4.78 is 0. The Balaban J connectivity index is 1.29. The van der Waals surface area contributed by atoms with E-state index in [0.717, 1.165) is 37.7 Å². The van der Waals surface area contributed by atoms with Crippen LogP contribution in [-0.2, 0) is 0 Å². The summed E-state index contributed by atoms with van der Waals surface area (Å²) in [6, 6.07) is 7.90. The summed E-state index contributed by atoms with van der Waals surface area (Å²) in [5, 5.41) is 15.5. The van der Waals surface area contributed by atoms with Crippen molar-refractivity contribution in [3.63, 3.8) is 0 Å². The smallest absolute Gasteiger partial charge is 0.175 e.